The lowest BCUT2D eigenvalue weighted by atomic mass is 9.97. The quantitative estimate of drug-likeness (QED) is 0.210. The summed E-state index contributed by atoms with van der Waals surface area (Å²) in [5.41, 5.74) is 4.74. The molecule has 0 unspecified atom stereocenters. The SMILES string of the molecule is CCc1ccc(-c2[nH]c(O)c3c2C(=O)N=C3c2c(C)c(Cl)c(Cl)c(Cl)c2I)cc1. The van der Waals surface area contributed by atoms with Gasteiger partial charge in [-0.25, -0.2) is 4.99 Å². The van der Waals surface area contributed by atoms with Crippen LogP contribution in [0.15, 0.2) is 29.3 Å². The monoisotopic (exact) mass is 558 g/mol. The zero-order valence-electron chi connectivity index (χ0n) is 15.3. The number of fused-ring (bicyclic) bond motifs is 1. The van der Waals surface area contributed by atoms with Crippen LogP contribution in [-0.2, 0) is 6.42 Å². The highest BCUT2D eigenvalue weighted by molar-refractivity contribution is 14.1. The first-order chi connectivity index (χ1) is 13.8. The lowest BCUT2D eigenvalue weighted by Crippen LogP contribution is -2.07. The Morgan fingerprint density at radius 2 is 1.69 bits per heavy atom. The fourth-order valence-electron chi connectivity index (χ4n) is 3.47. The van der Waals surface area contributed by atoms with E-state index in [1.165, 1.54) is 5.56 Å². The normalized spacial score (nSPS) is 13.0. The summed E-state index contributed by atoms with van der Waals surface area (Å²) >= 11 is 20.9. The number of aromatic amines is 1. The third-order valence-electron chi connectivity index (χ3n) is 5.03. The van der Waals surface area contributed by atoms with Gasteiger partial charge in [0, 0.05) is 9.13 Å². The number of carbonyl (C=O) groups excluding carboxylic acids is 1. The number of H-pyrrole nitrogens is 1. The molecule has 0 saturated heterocycles. The van der Waals surface area contributed by atoms with Gasteiger partial charge >= 0.3 is 0 Å². The lowest BCUT2D eigenvalue weighted by Gasteiger charge is -2.14. The standard InChI is InChI=1S/C21H14Cl3IN2O2/c1-3-9-4-6-10(7-5-9)18-12-13(21(29)26-18)19(27-20(12)28)11-8(2)14(22)15(23)16(24)17(11)25/h4-7,26,29H,3H2,1-2H3. The van der Waals surface area contributed by atoms with Crippen LogP contribution in [0.3, 0.4) is 0 Å². The maximum atomic E-state index is 12.8. The Morgan fingerprint density at radius 3 is 2.31 bits per heavy atom. The number of aromatic hydroxyl groups is 1. The van der Waals surface area contributed by atoms with E-state index in [4.69, 9.17) is 34.8 Å². The highest BCUT2D eigenvalue weighted by Gasteiger charge is 2.36. The molecule has 148 valence electrons. The molecule has 1 aliphatic heterocycles. The molecule has 2 aromatic carbocycles. The zero-order valence-corrected chi connectivity index (χ0v) is 19.8. The van der Waals surface area contributed by atoms with Crippen LogP contribution in [0.25, 0.3) is 11.3 Å². The Bertz CT molecular complexity index is 1180. The van der Waals surface area contributed by atoms with E-state index >= 15 is 0 Å². The maximum Gasteiger partial charge on any atom is 0.280 e. The van der Waals surface area contributed by atoms with Gasteiger partial charge in [0.05, 0.1) is 37.6 Å². The molecule has 29 heavy (non-hydrogen) atoms. The van der Waals surface area contributed by atoms with Crippen LogP contribution in [0.5, 0.6) is 5.88 Å². The first-order valence-corrected chi connectivity index (χ1v) is 11.0. The van der Waals surface area contributed by atoms with Gasteiger partial charge in [-0.15, -0.1) is 0 Å². The molecule has 8 heteroatoms. The molecule has 0 fully saturated rings. The number of rotatable bonds is 3. The topological polar surface area (TPSA) is 65.4 Å². The van der Waals surface area contributed by atoms with Crippen LogP contribution in [0.2, 0.25) is 15.1 Å². The molecule has 0 radical (unpaired) electrons. The summed E-state index contributed by atoms with van der Waals surface area (Å²) in [6.07, 6.45) is 0.913. The van der Waals surface area contributed by atoms with Crippen molar-refractivity contribution in [3.8, 4) is 17.1 Å². The molecule has 1 amide bonds. The zero-order chi connectivity index (χ0) is 21.0. The summed E-state index contributed by atoms with van der Waals surface area (Å²) < 4.78 is 0.616. The molecule has 0 saturated carbocycles. The summed E-state index contributed by atoms with van der Waals surface area (Å²) in [5.74, 6) is -0.560. The van der Waals surface area contributed by atoms with Crippen molar-refractivity contribution in [2.24, 2.45) is 4.99 Å². The van der Waals surface area contributed by atoms with Gasteiger partial charge in [0.1, 0.15) is 0 Å². The lowest BCUT2D eigenvalue weighted by molar-refractivity contribution is 0.101. The van der Waals surface area contributed by atoms with E-state index in [0.717, 1.165) is 12.0 Å². The van der Waals surface area contributed by atoms with Crippen LogP contribution >= 0.6 is 57.4 Å². The van der Waals surface area contributed by atoms with Crippen molar-refractivity contribution in [3.63, 3.8) is 0 Å². The van der Waals surface area contributed by atoms with Crippen molar-refractivity contribution >= 4 is 69.0 Å². The summed E-state index contributed by atoms with van der Waals surface area (Å²) in [5, 5.41) is 11.5. The number of hydrogen-bond acceptors (Lipinski definition) is 2. The number of benzene rings is 2. The first kappa shape index (κ1) is 20.7. The van der Waals surface area contributed by atoms with E-state index < -0.39 is 5.91 Å². The van der Waals surface area contributed by atoms with E-state index in [2.05, 4.69) is 16.9 Å². The van der Waals surface area contributed by atoms with Gasteiger partial charge in [-0.1, -0.05) is 66.0 Å². The molecule has 1 aromatic heterocycles. The number of nitrogens with one attached hydrogen (secondary N) is 1. The van der Waals surface area contributed by atoms with E-state index in [-0.39, 0.29) is 15.9 Å². The predicted molar refractivity (Wildman–Crippen MR) is 126 cm³/mol. The fraction of sp³-hybridized carbons (Fsp3) is 0.143. The van der Waals surface area contributed by atoms with Crippen LogP contribution in [-0.4, -0.2) is 21.7 Å². The van der Waals surface area contributed by atoms with Gasteiger partial charge in [0.15, 0.2) is 5.88 Å². The largest absolute Gasteiger partial charge is 0.494 e. The number of amides is 1. The second kappa shape index (κ2) is 7.61. The molecule has 1 aliphatic rings. The number of hydrogen-bond donors (Lipinski definition) is 2. The van der Waals surface area contributed by atoms with Gasteiger partial charge < -0.3 is 10.1 Å². The minimum Gasteiger partial charge on any atom is -0.494 e. The Morgan fingerprint density at radius 1 is 1.03 bits per heavy atom. The molecule has 4 rings (SSSR count). The molecular weight excluding hydrogens is 546 g/mol. The number of aryl methyl sites for hydroxylation is 1. The summed E-state index contributed by atoms with van der Waals surface area (Å²) in [4.78, 5) is 20.0. The van der Waals surface area contributed by atoms with Gasteiger partial charge in [-0.05, 0) is 52.6 Å². The Balaban J connectivity index is 1.93. The molecule has 0 bridgehead atoms. The number of aromatic nitrogens is 1. The average Bonchev–Trinajstić information content (AvgIpc) is 3.24. The van der Waals surface area contributed by atoms with Crippen molar-refractivity contribution in [1.29, 1.82) is 0 Å². The van der Waals surface area contributed by atoms with E-state index in [9.17, 15) is 9.90 Å². The van der Waals surface area contributed by atoms with Crippen LogP contribution in [0.4, 0.5) is 0 Å². The number of halogens is 4. The van der Waals surface area contributed by atoms with E-state index in [1.807, 2.05) is 46.9 Å². The van der Waals surface area contributed by atoms with E-state index in [1.54, 1.807) is 6.92 Å². The molecule has 0 atom stereocenters. The van der Waals surface area contributed by atoms with Gasteiger partial charge in [-0.3, -0.25) is 4.79 Å². The van der Waals surface area contributed by atoms with Crippen molar-refractivity contribution in [1.82, 2.24) is 4.98 Å². The van der Waals surface area contributed by atoms with Gasteiger partial charge in [0.25, 0.3) is 5.91 Å². The number of aliphatic imine (C=N–C) groups is 1. The predicted octanol–water partition coefficient (Wildman–Crippen LogP) is 6.81. The first-order valence-electron chi connectivity index (χ1n) is 8.76. The molecule has 3 aromatic rings. The summed E-state index contributed by atoms with van der Waals surface area (Å²) in [6.45, 7) is 3.85. The Hall–Kier alpha value is -1.54. The molecule has 2 heterocycles. The Kier molecular flexibility index (Phi) is 5.44. The third-order valence-corrected chi connectivity index (χ3v) is 7.85. The second-order valence-corrected chi connectivity index (χ2v) is 8.88. The third kappa shape index (κ3) is 3.19. The Labute approximate surface area is 196 Å². The minimum atomic E-state index is -0.432. The highest BCUT2D eigenvalue weighted by Crippen LogP contribution is 2.44. The van der Waals surface area contributed by atoms with Gasteiger partial charge in [0.2, 0.25) is 0 Å². The van der Waals surface area contributed by atoms with Gasteiger partial charge in [-0.2, -0.15) is 0 Å². The van der Waals surface area contributed by atoms with Crippen molar-refractivity contribution in [3.05, 3.63) is 70.7 Å². The van der Waals surface area contributed by atoms with E-state index in [0.29, 0.717) is 42.3 Å². The van der Waals surface area contributed by atoms with Crippen molar-refractivity contribution in [2.75, 3.05) is 0 Å². The highest BCUT2D eigenvalue weighted by atomic mass is 127. The van der Waals surface area contributed by atoms with Crippen molar-refractivity contribution in [2.45, 2.75) is 20.3 Å². The molecular formula is C21H14Cl3IN2O2. The van der Waals surface area contributed by atoms with Crippen LogP contribution in [0, 0.1) is 10.5 Å². The van der Waals surface area contributed by atoms with Crippen LogP contribution < -0.4 is 0 Å². The summed E-state index contributed by atoms with van der Waals surface area (Å²) in [6, 6.07) is 7.82. The van der Waals surface area contributed by atoms with Crippen LogP contribution in [0.1, 0.15) is 39.5 Å². The fourth-order valence-corrected chi connectivity index (χ4v) is 5.22. The second-order valence-electron chi connectivity index (χ2n) is 6.67. The molecule has 2 N–H and O–H groups in total. The minimum absolute atomic E-state index is 0.128. The molecule has 4 nitrogen and oxygen atoms in total. The summed E-state index contributed by atoms with van der Waals surface area (Å²) in [7, 11) is 0. The number of nitrogens with zero attached hydrogens (tertiary/aromatic N) is 1. The number of carbonyl (C=O) groups is 1. The molecule has 0 spiro atoms. The average molecular weight is 560 g/mol. The molecule has 0 aliphatic carbocycles. The van der Waals surface area contributed by atoms with Crippen molar-refractivity contribution < 1.29 is 9.90 Å². The smallest absolute Gasteiger partial charge is 0.280 e. The maximum absolute atomic E-state index is 12.8.